The molecule has 1 aromatic carbocycles. The lowest BCUT2D eigenvalue weighted by molar-refractivity contribution is -0.136. The van der Waals surface area contributed by atoms with Gasteiger partial charge in [-0.25, -0.2) is 0 Å². The van der Waals surface area contributed by atoms with Crippen molar-refractivity contribution < 1.29 is 14.6 Å². The number of carboxylic acids is 1. The molecular formula is C18H23IO3. The fourth-order valence-corrected chi connectivity index (χ4v) is 2.76. The maximum atomic E-state index is 10.7. The third-order valence-corrected chi connectivity index (χ3v) is 4.52. The van der Waals surface area contributed by atoms with Crippen LogP contribution < -0.4 is 4.74 Å². The van der Waals surface area contributed by atoms with Crippen LogP contribution in [0, 0.1) is 5.41 Å². The molecule has 0 aromatic heterocycles. The minimum Gasteiger partial charge on any atom is -0.490 e. The molecule has 4 heteroatoms. The summed E-state index contributed by atoms with van der Waals surface area (Å²) in [5.41, 5.74) is 2.24. The van der Waals surface area contributed by atoms with Crippen molar-refractivity contribution in [3.63, 3.8) is 0 Å². The summed E-state index contributed by atoms with van der Waals surface area (Å²) < 4.78 is 6.85. The highest BCUT2D eigenvalue weighted by Crippen LogP contribution is 2.30. The predicted molar refractivity (Wildman–Crippen MR) is 98.6 cm³/mol. The molecule has 120 valence electrons. The molecule has 0 saturated carbocycles. The Hall–Kier alpha value is -1.30. The largest absolute Gasteiger partial charge is 0.490 e. The second-order valence-electron chi connectivity index (χ2n) is 6.15. The van der Waals surface area contributed by atoms with Crippen LogP contribution >= 0.6 is 22.6 Å². The Morgan fingerprint density at radius 3 is 2.64 bits per heavy atom. The van der Waals surface area contributed by atoms with E-state index in [9.17, 15) is 4.79 Å². The van der Waals surface area contributed by atoms with E-state index in [-0.39, 0.29) is 11.8 Å². The number of carbonyl (C=O) groups is 1. The first-order chi connectivity index (χ1) is 10.2. The van der Waals surface area contributed by atoms with Crippen LogP contribution in [-0.4, -0.2) is 17.7 Å². The molecule has 1 rings (SSSR count). The summed E-state index contributed by atoms with van der Waals surface area (Å²) in [6.45, 7) is 9.18. The lowest BCUT2D eigenvalue weighted by Crippen LogP contribution is -2.07. The first-order valence-electron chi connectivity index (χ1n) is 7.17. The van der Waals surface area contributed by atoms with Gasteiger partial charge in [0.25, 0.3) is 0 Å². The van der Waals surface area contributed by atoms with E-state index < -0.39 is 5.97 Å². The zero-order valence-electron chi connectivity index (χ0n) is 13.5. The minimum atomic E-state index is -0.839. The van der Waals surface area contributed by atoms with Crippen LogP contribution in [0.4, 0.5) is 0 Å². The molecule has 0 bridgehead atoms. The first kappa shape index (κ1) is 18.7. The van der Waals surface area contributed by atoms with Crippen LogP contribution in [0.3, 0.4) is 0 Å². The average Bonchev–Trinajstić information content (AvgIpc) is 2.41. The van der Waals surface area contributed by atoms with E-state index in [2.05, 4.69) is 56.4 Å². The zero-order chi connectivity index (χ0) is 16.8. The molecular weight excluding hydrogens is 391 g/mol. The standard InChI is InChI=1S/C18H23IO3/c1-13(18(2,3)4)16(19)9-6-10-22-15-8-5-7-14(11-15)12-17(20)21/h5-9,11H,10,12H2,1-4H3,(H,20,21)/b9-6-,16-13-. The van der Waals surface area contributed by atoms with Gasteiger partial charge < -0.3 is 9.84 Å². The average molecular weight is 414 g/mol. The Bertz CT molecular complexity index is 580. The van der Waals surface area contributed by atoms with Gasteiger partial charge in [0.1, 0.15) is 12.4 Å². The van der Waals surface area contributed by atoms with Crippen LogP contribution in [0.15, 0.2) is 45.6 Å². The van der Waals surface area contributed by atoms with Gasteiger partial charge in [-0.1, -0.05) is 38.5 Å². The summed E-state index contributed by atoms with van der Waals surface area (Å²) in [7, 11) is 0. The Morgan fingerprint density at radius 2 is 2.05 bits per heavy atom. The van der Waals surface area contributed by atoms with Crippen molar-refractivity contribution in [2.24, 2.45) is 5.41 Å². The van der Waals surface area contributed by atoms with E-state index in [1.165, 1.54) is 9.15 Å². The van der Waals surface area contributed by atoms with Crippen molar-refractivity contribution >= 4 is 28.6 Å². The number of hydrogen-bond acceptors (Lipinski definition) is 2. The van der Waals surface area contributed by atoms with Crippen LogP contribution in [0.5, 0.6) is 5.75 Å². The molecule has 0 unspecified atom stereocenters. The monoisotopic (exact) mass is 414 g/mol. The van der Waals surface area contributed by atoms with Gasteiger partial charge in [0.05, 0.1) is 6.42 Å². The number of halogens is 1. The fourth-order valence-electron chi connectivity index (χ4n) is 1.70. The number of rotatable bonds is 6. The summed E-state index contributed by atoms with van der Waals surface area (Å²) in [5.74, 6) is -0.149. The second kappa shape index (κ2) is 8.36. The number of allylic oxidation sites excluding steroid dienone is 3. The highest BCUT2D eigenvalue weighted by molar-refractivity contribution is 14.1. The van der Waals surface area contributed by atoms with Crippen LogP contribution in [0.2, 0.25) is 0 Å². The van der Waals surface area contributed by atoms with Crippen molar-refractivity contribution in [2.75, 3.05) is 6.61 Å². The number of benzene rings is 1. The lowest BCUT2D eigenvalue weighted by atomic mass is 9.87. The van der Waals surface area contributed by atoms with Gasteiger partial charge in [0, 0.05) is 3.58 Å². The Kier molecular flexibility index (Phi) is 7.13. The molecule has 0 radical (unpaired) electrons. The molecule has 0 amide bonds. The van der Waals surface area contributed by atoms with E-state index in [1.54, 1.807) is 12.1 Å². The normalized spacial score (nSPS) is 13.1. The van der Waals surface area contributed by atoms with Crippen LogP contribution in [0.25, 0.3) is 0 Å². The molecule has 0 saturated heterocycles. The van der Waals surface area contributed by atoms with E-state index >= 15 is 0 Å². The van der Waals surface area contributed by atoms with Crippen LogP contribution in [0.1, 0.15) is 33.3 Å². The molecule has 1 N–H and O–H groups in total. The van der Waals surface area contributed by atoms with Gasteiger partial charge in [0.15, 0.2) is 0 Å². The van der Waals surface area contributed by atoms with E-state index in [1.807, 2.05) is 18.2 Å². The molecule has 0 spiro atoms. The van der Waals surface area contributed by atoms with Gasteiger partial charge in [-0.3, -0.25) is 4.79 Å². The van der Waals surface area contributed by atoms with E-state index in [0.29, 0.717) is 12.4 Å². The minimum absolute atomic E-state index is 0.0124. The number of carboxylic acid groups (broad SMARTS) is 1. The van der Waals surface area contributed by atoms with E-state index in [0.717, 1.165) is 5.56 Å². The predicted octanol–water partition coefficient (Wildman–Crippen LogP) is 5.00. The van der Waals surface area contributed by atoms with Crippen molar-refractivity contribution in [1.29, 1.82) is 0 Å². The highest BCUT2D eigenvalue weighted by atomic mass is 127. The van der Waals surface area contributed by atoms with Gasteiger partial charge in [-0.2, -0.15) is 0 Å². The SMILES string of the molecule is C/C(=C(I)\C=C/COc1cccc(CC(=O)O)c1)C(C)(C)C. The Labute approximate surface area is 146 Å². The summed E-state index contributed by atoms with van der Waals surface area (Å²) >= 11 is 2.34. The number of aliphatic carboxylic acids is 1. The number of hydrogen-bond donors (Lipinski definition) is 1. The molecule has 0 aliphatic rings. The third-order valence-electron chi connectivity index (χ3n) is 3.35. The van der Waals surface area contributed by atoms with Crippen molar-refractivity contribution in [3.05, 3.63) is 51.1 Å². The van der Waals surface area contributed by atoms with E-state index in [4.69, 9.17) is 9.84 Å². The summed E-state index contributed by atoms with van der Waals surface area (Å²) in [6, 6.07) is 7.20. The summed E-state index contributed by atoms with van der Waals surface area (Å²) in [6.07, 6.45) is 4.04. The van der Waals surface area contributed by atoms with Gasteiger partial charge >= 0.3 is 5.97 Å². The Balaban J connectivity index is 2.61. The van der Waals surface area contributed by atoms with Gasteiger partial charge in [-0.05, 0) is 64.8 Å². The highest BCUT2D eigenvalue weighted by Gasteiger charge is 2.14. The smallest absolute Gasteiger partial charge is 0.307 e. The maximum Gasteiger partial charge on any atom is 0.307 e. The molecule has 22 heavy (non-hydrogen) atoms. The summed E-state index contributed by atoms with van der Waals surface area (Å²) in [4.78, 5) is 10.7. The molecule has 0 aliphatic carbocycles. The maximum absolute atomic E-state index is 10.7. The molecule has 0 fully saturated rings. The van der Waals surface area contributed by atoms with Crippen molar-refractivity contribution in [1.82, 2.24) is 0 Å². The molecule has 3 nitrogen and oxygen atoms in total. The topological polar surface area (TPSA) is 46.5 Å². The number of ether oxygens (including phenoxy) is 1. The fraction of sp³-hybridized carbons (Fsp3) is 0.389. The molecule has 0 atom stereocenters. The molecule has 1 aromatic rings. The lowest BCUT2D eigenvalue weighted by Gasteiger charge is -2.20. The first-order valence-corrected chi connectivity index (χ1v) is 8.25. The van der Waals surface area contributed by atoms with Crippen molar-refractivity contribution in [2.45, 2.75) is 34.1 Å². The summed E-state index contributed by atoms with van der Waals surface area (Å²) in [5, 5.41) is 8.79. The molecule has 0 aliphatic heterocycles. The van der Waals surface area contributed by atoms with Crippen molar-refractivity contribution in [3.8, 4) is 5.75 Å². The quantitative estimate of drug-likeness (QED) is 0.526. The van der Waals surface area contributed by atoms with Crippen LogP contribution in [-0.2, 0) is 11.2 Å². The van der Waals surface area contributed by atoms with Gasteiger partial charge in [-0.15, -0.1) is 0 Å². The second-order valence-corrected chi connectivity index (χ2v) is 7.32. The molecule has 0 heterocycles. The zero-order valence-corrected chi connectivity index (χ0v) is 15.7. The Morgan fingerprint density at radius 1 is 1.36 bits per heavy atom. The third kappa shape index (κ3) is 6.64. The van der Waals surface area contributed by atoms with Gasteiger partial charge in [0.2, 0.25) is 0 Å².